The number of hydrogen-bond acceptors (Lipinski definition) is 4. The molecule has 0 aliphatic rings. The van der Waals surface area contributed by atoms with Gasteiger partial charge in [-0.05, 0) is 24.1 Å². The lowest BCUT2D eigenvalue weighted by atomic mass is 10.0. The van der Waals surface area contributed by atoms with E-state index in [0.29, 0.717) is 11.4 Å². The van der Waals surface area contributed by atoms with E-state index in [1.807, 2.05) is 18.2 Å². The summed E-state index contributed by atoms with van der Waals surface area (Å²) in [5, 5.41) is 11.0. The molecule has 17 heavy (non-hydrogen) atoms. The third-order valence-corrected chi connectivity index (χ3v) is 3.28. The molecule has 7 heteroatoms. The number of nitrogens with two attached hydrogens (primary N) is 1. The summed E-state index contributed by atoms with van der Waals surface area (Å²) in [6.07, 6.45) is 2.28. The van der Waals surface area contributed by atoms with Crippen LogP contribution in [0.3, 0.4) is 0 Å². The van der Waals surface area contributed by atoms with E-state index in [4.69, 9.17) is 17.4 Å². The van der Waals surface area contributed by atoms with Crippen molar-refractivity contribution in [2.24, 2.45) is 5.84 Å². The van der Waals surface area contributed by atoms with Crippen molar-refractivity contribution in [2.75, 3.05) is 0 Å². The fraction of sp³-hybridized carbons (Fsp3) is 0.200. The summed E-state index contributed by atoms with van der Waals surface area (Å²) in [6.45, 7) is 0. The third kappa shape index (κ3) is 3.04. The Hall–Kier alpha value is -0.950. The quantitative estimate of drug-likeness (QED) is 0.595. The lowest BCUT2D eigenvalue weighted by Crippen LogP contribution is -2.30. The molecule has 0 saturated carbocycles. The van der Waals surface area contributed by atoms with Crippen molar-refractivity contribution < 1.29 is 0 Å². The Morgan fingerprint density at radius 2 is 2.35 bits per heavy atom. The molecule has 0 amide bonds. The van der Waals surface area contributed by atoms with Gasteiger partial charge in [0.25, 0.3) is 0 Å². The standard InChI is InChI=1S/C10H11BrClN5/c11-7-2-1-6(8(12)4-7)3-9(15-13)10-5-14-17-16-10/h1-2,4-5,9,15H,3,13H2,(H,14,16,17). The molecule has 1 heterocycles. The molecule has 2 aromatic rings. The van der Waals surface area contributed by atoms with Crippen LogP contribution < -0.4 is 11.3 Å². The largest absolute Gasteiger partial charge is 0.271 e. The normalized spacial score (nSPS) is 12.6. The van der Waals surface area contributed by atoms with Gasteiger partial charge in [0.05, 0.1) is 12.2 Å². The van der Waals surface area contributed by atoms with Crippen LogP contribution in [0.1, 0.15) is 17.3 Å². The number of nitrogens with one attached hydrogen (secondary N) is 2. The summed E-state index contributed by atoms with van der Waals surface area (Å²) >= 11 is 9.52. The number of aromatic amines is 1. The average molecular weight is 317 g/mol. The molecule has 0 bridgehead atoms. The van der Waals surface area contributed by atoms with Crippen LogP contribution in [0.2, 0.25) is 5.02 Å². The molecule has 1 aromatic carbocycles. The minimum Gasteiger partial charge on any atom is -0.271 e. The monoisotopic (exact) mass is 315 g/mol. The number of nitrogens with zero attached hydrogens (tertiary/aromatic N) is 2. The highest BCUT2D eigenvalue weighted by molar-refractivity contribution is 9.10. The number of hydrogen-bond donors (Lipinski definition) is 3. The van der Waals surface area contributed by atoms with Crippen molar-refractivity contribution >= 4 is 27.5 Å². The second-order valence-corrected chi connectivity index (χ2v) is 4.88. The van der Waals surface area contributed by atoms with E-state index in [0.717, 1.165) is 15.7 Å². The van der Waals surface area contributed by atoms with E-state index >= 15 is 0 Å². The molecule has 0 aliphatic heterocycles. The first-order valence-corrected chi connectivity index (χ1v) is 6.13. The van der Waals surface area contributed by atoms with Crippen LogP contribution in [0, 0.1) is 0 Å². The van der Waals surface area contributed by atoms with Crippen molar-refractivity contribution in [1.29, 1.82) is 0 Å². The highest BCUT2D eigenvalue weighted by Crippen LogP contribution is 2.25. The minimum atomic E-state index is -0.118. The maximum absolute atomic E-state index is 6.15. The highest BCUT2D eigenvalue weighted by Gasteiger charge is 2.14. The molecule has 0 radical (unpaired) electrons. The molecule has 0 spiro atoms. The number of H-pyrrole nitrogens is 1. The molecule has 90 valence electrons. The van der Waals surface area contributed by atoms with Crippen LogP contribution in [0.15, 0.2) is 28.9 Å². The lowest BCUT2D eigenvalue weighted by molar-refractivity contribution is 0.537. The number of aromatic nitrogens is 3. The van der Waals surface area contributed by atoms with Gasteiger partial charge < -0.3 is 0 Å². The Kier molecular flexibility index (Phi) is 4.11. The van der Waals surface area contributed by atoms with Crippen molar-refractivity contribution in [3.8, 4) is 0 Å². The first-order chi connectivity index (χ1) is 8.20. The summed E-state index contributed by atoms with van der Waals surface area (Å²) in [5.41, 5.74) is 4.46. The molecule has 0 aliphatic carbocycles. The minimum absolute atomic E-state index is 0.118. The van der Waals surface area contributed by atoms with Gasteiger partial charge >= 0.3 is 0 Å². The van der Waals surface area contributed by atoms with E-state index in [1.54, 1.807) is 6.20 Å². The summed E-state index contributed by atoms with van der Waals surface area (Å²) in [5.74, 6) is 5.51. The second kappa shape index (κ2) is 5.59. The lowest BCUT2D eigenvalue weighted by Gasteiger charge is -2.14. The van der Waals surface area contributed by atoms with E-state index in [9.17, 15) is 0 Å². The second-order valence-electron chi connectivity index (χ2n) is 3.55. The number of benzene rings is 1. The summed E-state index contributed by atoms with van der Waals surface area (Å²) < 4.78 is 0.949. The average Bonchev–Trinajstić information content (AvgIpc) is 2.81. The van der Waals surface area contributed by atoms with Crippen molar-refractivity contribution in [3.63, 3.8) is 0 Å². The molecule has 1 atom stereocenters. The van der Waals surface area contributed by atoms with Crippen LogP contribution in [0.25, 0.3) is 0 Å². The van der Waals surface area contributed by atoms with Crippen LogP contribution in [0.4, 0.5) is 0 Å². The predicted octanol–water partition coefficient (Wildman–Crippen LogP) is 1.97. The Morgan fingerprint density at radius 1 is 1.53 bits per heavy atom. The van der Waals surface area contributed by atoms with Gasteiger partial charge in [-0.1, -0.05) is 33.6 Å². The molecule has 1 aromatic heterocycles. The summed E-state index contributed by atoms with van der Waals surface area (Å²) in [4.78, 5) is 0. The molecule has 5 nitrogen and oxygen atoms in total. The Bertz CT molecular complexity index is 487. The van der Waals surface area contributed by atoms with Crippen molar-refractivity contribution in [2.45, 2.75) is 12.5 Å². The number of hydrazine groups is 1. The summed E-state index contributed by atoms with van der Waals surface area (Å²) in [7, 11) is 0. The van der Waals surface area contributed by atoms with Gasteiger partial charge in [0.2, 0.25) is 0 Å². The zero-order chi connectivity index (χ0) is 12.3. The van der Waals surface area contributed by atoms with Gasteiger partial charge in [-0.2, -0.15) is 15.4 Å². The Labute approximate surface area is 112 Å². The summed E-state index contributed by atoms with van der Waals surface area (Å²) in [6, 6.07) is 5.63. The van der Waals surface area contributed by atoms with E-state index < -0.39 is 0 Å². The van der Waals surface area contributed by atoms with Crippen molar-refractivity contribution in [3.05, 3.63) is 45.1 Å². The number of rotatable bonds is 4. The van der Waals surface area contributed by atoms with Gasteiger partial charge in [-0.15, -0.1) is 0 Å². The fourth-order valence-corrected chi connectivity index (χ4v) is 2.28. The van der Waals surface area contributed by atoms with E-state index in [-0.39, 0.29) is 6.04 Å². The van der Waals surface area contributed by atoms with E-state index in [2.05, 4.69) is 36.8 Å². The zero-order valence-corrected chi connectivity index (χ0v) is 11.2. The molecule has 0 fully saturated rings. The van der Waals surface area contributed by atoms with Crippen molar-refractivity contribution in [1.82, 2.24) is 20.8 Å². The molecule has 0 saturated heterocycles. The Balaban J connectivity index is 2.19. The molecule has 4 N–H and O–H groups in total. The first kappa shape index (κ1) is 12.5. The third-order valence-electron chi connectivity index (χ3n) is 2.43. The number of halogens is 2. The maximum Gasteiger partial charge on any atom is 0.101 e. The Morgan fingerprint density at radius 3 is 2.94 bits per heavy atom. The molecule has 1 unspecified atom stereocenters. The topological polar surface area (TPSA) is 79.6 Å². The SMILES string of the molecule is NNC(Cc1ccc(Br)cc1Cl)c1cn[nH]n1. The maximum atomic E-state index is 6.15. The van der Waals surface area contributed by atoms with Crippen LogP contribution in [0.5, 0.6) is 0 Å². The fourth-order valence-electron chi connectivity index (χ4n) is 1.53. The molecule has 2 rings (SSSR count). The van der Waals surface area contributed by atoms with Crippen LogP contribution in [-0.2, 0) is 6.42 Å². The van der Waals surface area contributed by atoms with Gasteiger partial charge in [-0.3, -0.25) is 11.3 Å². The van der Waals surface area contributed by atoms with Gasteiger partial charge in [0.1, 0.15) is 5.69 Å². The smallest absolute Gasteiger partial charge is 0.101 e. The molecular formula is C10H11BrClN5. The van der Waals surface area contributed by atoms with E-state index in [1.165, 1.54) is 0 Å². The predicted molar refractivity (Wildman–Crippen MR) is 69.3 cm³/mol. The van der Waals surface area contributed by atoms with Gasteiger partial charge in [0.15, 0.2) is 0 Å². The van der Waals surface area contributed by atoms with Crippen LogP contribution >= 0.6 is 27.5 Å². The first-order valence-electron chi connectivity index (χ1n) is 4.96. The van der Waals surface area contributed by atoms with Crippen LogP contribution in [-0.4, -0.2) is 15.4 Å². The zero-order valence-electron chi connectivity index (χ0n) is 8.82. The van der Waals surface area contributed by atoms with Gasteiger partial charge in [-0.25, -0.2) is 0 Å². The highest BCUT2D eigenvalue weighted by atomic mass is 79.9. The van der Waals surface area contributed by atoms with Gasteiger partial charge in [0, 0.05) is 9.50 Å². The molecular weight excluding hydrogens is 306 g/mol.